The molecule has 0 spiro atoms. The zero-order valence-electron chi connectivity index (χ0n) is 14.1. The van der Waals surface area contributed by atoms with Crippen molar-refractivity contribution >= 4 is 11.6 Å². The van der Waals surface area contributed by atoms with Crippen molar-refractivity contribution in [3.8, 4) is 22.8 Å². The molecule has 0 atom stereocenters. The first-order valence-electron chi connectivity index (χ1n) is 7.98. The molecule has 4 aromatic rings. The first-order valence-corrected chi connectivity index (χ1v) is 7.98. The first kappa shape index (κ1) is 17.6. The number of alkyl halides is 2. The molecule has 10 heteroatoms. The molecule has 3 heterocycles. The fraction of sp³-hybridized carbons (Fsp3) is 0.0556. The minimum atomic E-state index is -2.75. The molecule has 3 aromatic heterocycles. The minimum Gasteiger partial charge on any atom is -0.366 e. The third-order valence-corrected chi connectivity index (χ3v) is 4.05. The lowest BCUT2D eigenvalue weighted by Crippen LogP contribution is -2.11. The van der Waals surface area contributed by atoms with Gasteiger partial charge in [-0.3, -0.25) is 9.20 Å². The van der Waals surface area contributed by atoms with Crippen LogP contribution in [0.2, 0.25) is 0 Å². The van der Waals surface area contributed by atoms with Crippen LogP contribution < -0.4 is 5.73 Å². The number of rotatable bonds is 4. The third-order valence-electron chi connectivity index (χ3n) is 4.05. The van der Waals surface area contributed by atoms with E-state index in [1.165, 1.54) is 41.2 Å². The van der Waals surface area contributed by atoms with Gasteiger partial charge in [-0.15, -0.1) is 0 Å². The van der Waals surface area contributed by atoms with Crippen LogP contribution >= 0.6 is 0 Å². The predicted octanol–water partition coefficient (Wildman–Crippen LogP) is 3.03. The monoisotopic (exact) mass is 384 g/mol. The highest BCUT2D eigenvalue weighted by atomic mass is 19.3. The molecule has 1 aromatic carbocycles. The number of amides is 1. The van der Waals surface area contributed by atoms with E-state index in [4.69, 9.17) is 5.73 Å². The fourth-order valence-corrected chi connectivity index (χ4v) is 2.69. The quantitative estimate of drug-likeness (QED) is 0.583. The number of carbonyl (C=O) groups excluding carboxylic acids is 1. The van der Waals surface area contributed by atoms with E-state index >= 15 is 0 Å². The summed E-state index contributed by atoms with van der Waals surface area (Å²) in [5.74, 6) is -1.17. The summed E-state index contributed by atoms with van der Waals surface area (Å²) in [5.41, 5.74) is 5.85. The van der Waals surface area contributed by atoms with Gasteiger partial charge < -0.3 is 5.73 Å². The van der Waals surface area contributed by atoms with Crippen LogP contribution in [0.4, 0.5) is 13.2 Å². The lowest BCUT2D eigenvalue weighted by Gasteiger charge is -2.07. The van der Waals surface area contributed by atoms with Crippen LogP contribution in [0.1, 0.15) is 22.5 Å². The Labute approximate surface area is 155 Å². The normalized spacial score (nSPS) is 11.3. The molecule has 7 nitrogen and oxygen atoms in total. The van der Waals surface area contributed by atoms with Crippen molar-refractivity contribution in [2.45, 2.75) is 6.43 Å². The van der Waals surface area contributed by atoms with Gasteiger partial charge in [-0.2, -0.15) is 0 Å². The van der Waals surface area contributed by atoms with E-state index in [1.54, 1.807) is 0 Å². The number of aromatic nitrogens is 5. The zero-order chi connectivity index (χ0) is 19.8. The summed E-state index contributed by atoms with van der Waals surface area (Å²) in [6.07, 6.45) is 2.40. The Balaban J connectivity index is 1.84. The predicted molar refractivity (Wildman–Crippen MR) is 92.9 cm³/mol. The molecule has 0 bridgehead atoms. The molecular formula is C18H11F3N6O. The molecule has 0 unspecified atom stereocenters. The number of hydrogen-bond acceptors (Lipinski definition) is 5. The fourth-order valence-electron chi connectivity index (χ4n) is 2.69. The highest BCUT2D eigenvalue weighted by molar-refractivity contribution is 5.94. The number of imidazole rings is 1. The highest BCUT2D eigenvalue weighted by Gasteiger charge is 2.16. The SMILES string of the molecule is NC(=O)c1ccc(F)c(-c2ccnc(-c3cnc4cnc(C(F)F)cn34)n2)c1. The lowest BCUT2D eigenvalue weighted by molar-refractivity contribution is 0.1000. The van der Waals surface area contributed by atoms with E-state index in [9.17, 15) is 18.0 Å². The Kier molecular flexibility index (Phi) is 4.22. The maximum Gasteiger partial charge on any atom is 0.281 e. The van der Waals surface area contributed by atoms with Crippen molar-refractivity contribution in [3.63, 3.8) is 0 Å². The van der Waals surface area contributed by atoms with E-state index in [1.807, 2.05) is 0 Å². The van der Waals surface area contributed by atoms with Crippen LogP contribution in [0.25, 0.3) is 28.4 Å². The number of fused-ring (bicyclic) bond motifs is 1. The number of nitrogens with two attached hydrogens (primary N) is 1. The number of hydrogen-bond donors (Lipinski definition) is 1. The largest absolute Gasteiger partial charge is 0.366 e. The van der Waals surface area contributed by atoms with Gasteiger partial charge in [-0.1, -0.05) is 0 Å². The average Bonchev–Trinajstić information content (AvgIpc) is 3.11. The van der Waals surface area contributed by atoms with Gasteiger partial charge >= 0.3 is 0 Å². The molecule has 0 aliphatic heterocycles. The standard InChI is InChI=1S/C18H11F3N6O/c19-11-2-1-9(17(22)28)5-10(11)12-3-4-23-18(26-12)14-6-25-15-7-24-13(16(20)21)8-27(14)15/h1-8,16H,(H2,22,28). The van der Waals surface area contributed by atoms with Crippen molar-refractivity contribution in [1.29, 1.82) is 0 Å². The van der Waals surface area contributed by atoms with E-state index in [0.29, 0.717) is 11.3 Å². The molecule has 0 saturated carbocycles. The maximum absolute atomic E-state index is 14.3. The molecule has 0 saturated heterocycles. The summed E-state index contributed by atoms with van der Waals surface area (Å²) in [4.78, 5) is 27.5. The summed E-state index contributed by atoms with van der Waals surface area (Å²) in [6, 6.07) is 5.14. The number of carbonyl (C=O) groups is 1. The second-order valence-electron chi connectivity index (χ2n) is 5.81. The molecule has 0 radical (unpaired) electrons. The van der Waals surface area contributed by atoms with Crippen LogP contribution in [-0.4, -0.2) is 30.2 Å². The number of benzene rings is 1. The maximum atomic E-state index is 14.3. The third kappa shape index (κ3) is 3.04. The summed E-state index contributed by atoms with van der Waals surface area (Å²) in [7, 11) is 0. The Morgan fingerprint density at radius 3 is 2.68 bits per heavy atom. The molecular weight excluding hydrogens is 373 g/mol. The second kappa shape index (κ2) is 6.72. The average molecular weight is 384 g/mol. The van der Waals surface area contributed by atoms with E-state index in [0.717, 1.165) is 12.3 Å². The summed E-state index contributed by atoms with van der Waals surface area (Å²) >= 11 is 0. The second-order valence-corrected chi connectivity index (χ2v) is 5.81. The van der Waals surface area contributed by atoms with Crippen molar-refractivity contribution in [2.75, 3.05) is 0 Å². The van der Waals surface area contributed by atoms with Gasteiger partial charge in [-0.25, -0.2) is 33.1 Å². The van der Waals surface area contributed by atoms with Crippen molar-refractivity contribution in [3.05, 3.63) is 66.1 Å². The summed E-state index contributed by atoms with van der Waals surface area (Å²) in [6.45, 7) is 0. The molecule has 28 heavy (non-hydrogen) atoms. The summed E-state index contributed by atoms with van der Waals surface area (Å²) < 4.78 is 41.6. The Hall–Kier alpha value is -3.82. The number of halogens is 3. The first-order chi connectivity index (χ1) is 13.4. The minimum absolute atomic E-state index is 0.0590. The molecule has 4 rings (SSSR count). The Morgan fingerprint density at radius 2 is 1.93 bits per heavy atom. The van der Waals surface area contributed by atoms with E-state index in [-0.39, 0.29) is 22.6 Å². The number of primary amides is 1. The zero-order valence-corrected chi connectivity index (χ0v) is 14.1. The topological polar surface area (TPSA) is 99.1 Å². The van der Waals surface area contributed by atoms with Crippen LogP contribution in [0.3, 0.4) is 0 Å². The van der Waals surface area contributed by atoms with Gasteiger partial charge in [-0.05, 0) is 24.3 Å². The van der Waals surface area contributed by atoms with Gasteiger partial charge in [0.1, 0.15) is 17.2 Å². The Morgan fingerprint density at radius 1 is 1.11 bits per heavy atom. The molecule has 140 valence electrons. The lowest BCUT2D eigenvalue weighted by atomic mass is 10.1. The van der Waals surface area contributed by atoms with Crippen LogP contribution in [0.5, 0.6) is 0 Å². The van der Waals surface area contributed by atoms with Crippen molar-refractivity contribution in [1.82, 2.24) is 24.3 Å². The van der Waals surface area contributed by atoms with Crippen molar-refractivity contribution in [2.24, 2.45) is 5.73 Å². The highest BCUT2D eigenvalue weighted by Crippen LogP contribution is 2.25. The summed E-state index contributed by atoms with van der Waals surface area (Å²) in [5, 5.41) is 0. The van der Waals surface area contributed by atoms with Crippen LogP contribution in [-0.2, 0) is 0 Å². The van der Waals surface area contributed by atoms with Gasteiger partial charge in [0.25, 0.3) is 6.43 Å². The van der Waals surface area contributed by atoms with Gasteiger partial charge in [0.2, 0.25) is 5.91 Å². The number of nitrogens with zero attached hydrogens (tertiary/aromatic N) is 5. The van der Waals surface area contributed by atoms with Gasteiger partial charge in [0, 0.05) is 23.5 Å². The van der Waals surface area contributed by atoms with Gasteiger partial charge in [0.05, 0.1) is 18.1 Å². The molecule has 0 aliphatic carbocycles. The smallest absolute Gasteiger partial charge is 0.281 e. The van der Waals surface area contributed by atoms with Crippen molar-refractivity contribution < 1.29 is 18.0 Å². The van der Waals surface area contributed by atoms with E-state index < -0.39 is 23.8 Å². The molecule has 0 aliphatic rings. The van der Waals surface area contributed by atoms with E-state index in [2.05, 4.69) is 19.9 Å². The Bertz CT molecular complexity index is 1210. The molecule has 0 fully saturated rings. The van der Waals surface area contributed by atoms with Gasteiger partial charge in [0.15, 0.2) is 11.5 Å². The van der Waals surface area contributed by atoms with Crippen LogP contribution in [0.15, 0.2) is 49.1 Å². The molecule has 2 N–H and O–H groups in total. The molecule has 1 amide bonds. The van der Waals surface area contributed by atoms with Crippen LogP contribution in [0, 0.1) is 5.82 Å².